The molecule has 15 nitrogen and oxygen atoms in total. The standard InChI is InChI=1S/C47H62N8O7/c1-45(2,3)39(51-43(59)60)41(57)52-54(28-32-20-22-33(23-21-32)35-18-12-13-24-48-35)30-37(56)36(27-31-15-10-9-11-16-31)50-42(58)40(46(4,5)6)55-26-25-53(44(55)61)29-34-17-14-19-38(49-34)47(7,8)62/h9-24,36-37,39-40,51,56,62H,25-30H2,1-8H3,(H,50,58)(H,52,57)(H,59,60)/t36-,37-,39+,40+/m0/s1. The summed E-state index contributed by atoms with van der Waals surface area (Å²) in [5.74, 6) is -1.07. The van der Waals surface area contributed by atoms with Crippen LogP contribution in [0.3, 0.4) is 0 Å². The maximum Gasteiger partial charge on any atom is 0.405 e. The monoisotopic (exact) mass is 850 g/mol. The number of pyridine rings is 2. The summed E-state index contributed by atoms with van der Waals surface area (Å²) in [6.07, 6.45) is -0.691. The number of carbonyl (C=O) groups excluding carboxylic acids is 3. The van der Waals surface area contributed by atoms with Gasteiger partial charge in [-0.15, -0.1) is 0 Å². The lowest BCUT2D eigenvalue weighted by Gasteiger charge is -2.38. The maximum absolute atomic E-state index is 14.6. The highest BCUT2D eigenvalue weighted by atomic mass is 16.4. The molecule has 0 aliphatic carbocycles. The summed E-state index contributed by atoms with van der Waals surface area (Å²) in [6, 6.07) is 24.7. The van der Waals surface area contributed by atoms with Crippen molar-refractivity contribution in [3.8, 4) is 11.3 Å². The van der Waals surface area contributed by atoms with Gasteiger partial charge in [-0.3, -0.25) is 25.0 Å². The highest BCUT2D eigenvalue weighted by Gasteiger charge is 2.44. The van der Waals surface area contributed by atoms with Crippen LogP contribution in [0, 0.1) is 10.8 Å². The van der Waals surface area contributed by atoms with Gasteiger partial charge in [-0.1, -0.05) is 108 Å². The molecule has 2 aromatic heterocycles. The Kier molecular flexibility index (Phi) is 15.1. The Bertz CT molecular complexity index is 2130. The minimum atomic E-state index is -1.35. The average molecular weight is 851 g/mol. The Labute approximate surface area is 364 Å². The first kappa shape index (κ1) is 47.2. The highest BCUT2D eigenvalue weighted by molar-refractivity contribution is 5.89. The van der Waals surface area contributed by atoms with Crippen molar-refractivity contribution in [2.75, 3.05) is 19.6 Å². The molecule has 15 heteroatoms. The zero-order valence-corrected chi connectivity index (χ0v) is 37.0. The Morgan fingerprint density at radius 2 is 1.47 bits per heavy atom. The second-order valence-electron chi connectivity index (χ2n) is 18.6. The van der Waals surface area contributed by atoms with Gasteiger partial charge in [0.05, 0.1) is 35.8 Å². The third kappa shape index (κ3) is 12.8. The molecule has 1 aliphatic heterocycles. The lowest BCUT2D eigenvalue weighted by molar-refractivity contribution is -0.133. The van der Waals surface area contributed by atoms with Gasteiger partial charge in [-0.25, -0.2) is 14.6 Å². The van der Waals surface area contributed by atoms with E-state index in [9.17, 15) is 34.5 Å². The van der Waals surface area contributed by atoms with Crippen LogP contribution in [0.25, 0.3) is 11.3 Å². The molecule has 0 saturated carbocycles. The molecule has 0 radical (unpaired) electrons. The largest absolute Gasteiger partial charge is 0.465 e. The van der Waals surface area contributed by atoms with Crippen LogP contribution in [0.5, 0.6) is 0 Å². The number of benzene rings is 2. The number of nitrogens with zero attached hydrogens (tertiary/aromatic N) is 5. The van der Waals surface area contributed by atoms with E-state index >= 15 is 0 Å². The normalized spacial score (nSPS) is 15.5. The Hall–Kier alpha value is -5.90. The lowest BCUT2D eigenvalue weighted by Crippen LogP contribution is -2.61. The van der Waals surface area contributed by atoms with Crippen LogP contribution in [0.15, 0.2) is 97.2 Å². The van der Waals surface area contributed by atoms with Crippen LogP contribution in [0.1, 0.15) is 77.9 Å². The molecule has 0 bridgehead atoms. The van der Waals surface area contributed by atoms with Gasteiger partial charge in [0, 0.05) is 37.9 Å². The van der Waals surface area contributed by atoms with E-state index in [-0.39, 0.29) is 38.6 Å². The average Bonchev–Trinajstić information content (AvgIpc) is 3.54. The van der Waals surface area contributed by atoms with Crippen molar-refractivity contribution in [1.29, 1.82) is 0 Å². The van der Waals surface area contributed by atoms with Crippen LogP contribution >= 0.6 is 0 Å². The molecule has 3 heterocycles. The number of aromatic nitrogens is 2. The molecular formula is C47H62N8O7. The predicted octanol–water partition coefficient (Wildman–Crippen LogP) is 5.33. The van der Waals surface area contributed by atoms with Crippen molar-refractivity contribution < 1.29 is 34.5 Å². The Balaban J connectivity index is 1.41. The van der Waals surface area contributed by atoms with Gasteiger partial charge in [0.1, 0.15) is 17.7 Å². The first-order valence-electron chi connectivity index (χ1n) is 20.9. The van der Waals surface area contributed by atoms with Crippen LogP contribution < -0.4 is 16.1 Å². The number of aliphatic hydroxyl groups is 2. The SMILES string of the molecule is CC(C)(O)c1cccc(CN2CCN([C@H](C(=O)N[C@@H](Cc3ccccc3)[C@@H](O)CN(Cc3ccc(-c4ccccn4)cc3)NC(=O)[C@@H](NC(=O)O)C(C)(C)C)C(C)(C)C)C2=O)n1. The molecule has 0 unspecified atom stereocenters. The van der Waals surface area contributed by atoms with Crippen LogP contribution in [0.4, 0.5) is 9.59 Å². The smallest absolute Gasteiger partial charge is 0.405 e. The number of hydrogen-bond acceptors (Lipinski definition) is 9. The predicted molar refractivity (Wildman–Crippen MR) is 236 cm³/mol. The number of hydrogen-bond donors (Lipinski definition) is 6. The second-order valence-corrected chi connectivity index (χ2v) is 18.6. The summed E-state index contributed by atoms with van der Waals surface area (Å²) < 4.78 is 0. The molecular weight excluding hydrogens is 789 g/mol. The van der Waals surface area contributed by atoms with E-state index < -0.39 is 58.6 Å². The number of aliphatic hydroxyl groups excluding tert-OH is 1. The summed E-state index contributed by atoms with van der Waals surface area (Å²) in [6.45, 7) is 15.0. The quantitative estimate of drug-likeness (QED) is 0.0756. The molecule has 5 rings (SSSR count). The fourth-order valence-electron chi connectivity index (χ4n) is 7.56. The first-order valence-corrected chi connectivity index (χ1v) is 20.9. The highest BCUT2D eigenvalue weighted by Crippen LogP contribution is 2.29. The van der Waals surface area contributed by atoms with Crippen molar-refractivity contribution >= 4 is 23.9 Å². The first-order chi connectivity index (χ1) is 29.1. The zero-order valence-electron chi connectivity index (χ0n) is 37.0. The fourth-order valence-corrected chi connectivity index (χ4v) is 7.56. The van der Waals surface area contributed by atoms with Gasteiger partial charge in [-0.05, 0) is 66.5 Å². The van der Waals surface area contributed by atoms with E-state index in [0.717, 1.165) is 22.4 Å². The van der Waals surface area contributed by atoms with Gasteiger partial charge in [0.2, 0.25) is 5.91 Å². The summed E-state index contributed by atoms with van der Waals surface area (Å²) in [7, 11) is 0. The van der Waals surface area contributed by atoms with E-state index in [2.05, 4.69) is 26.0 Å². The Morgan fingerprint density at radius 3 is 2.06 bits per heavy atom. The fraction of sp³-hybridized carbons (Fsp3) is 0.447. The van der Waals surface area contributed by atoms with Gasteiger partial charge in [0.15, 0.2) is 0 Å². The molecule has 6 N–H and O–H groups in total. The van der Waals surface area contributed by atoms with Crippen molar-refractivity contribution in [3.05, 3.63) is 120 Å². The van der Waals surface area contributed by atoms with Gasteiger partial charge in [0.25, 0.3) is 5.91 Å². The molecule has 4 aromatic rings. The third-order valence-electron chi connectivity index (χ3n) is 10.7. The molecule has 332 valence electrons. The Morgan fingerprint density at radius 1 is 0.790 bits per heavy atom. The molecule has 1 aliphatic rings. The number of rotatable bonds is 17. The number of hydrazine groups is 1. The number of carbonyl (C=O) groups is 4. The number of urea groups is 1. The summed E-state index contributed by atoms with van der Waals surface area (Å²) in [4.78, 5) is 66.5. The van der Waals surface area contributed by atoms with Crippen molar-refractivity contribution in [2.45, 2.75) is 105 Å². The lowest BCUT2D eigenvalue weighted by atomic mass is 9.84. The van der Waals surface area contributed by atoms with Crippen molar-refractivity contribution in [3.63, 3.8) is 0 Å². The molecule has 1 saturated heterocycles. The van der Waals surface area contributed by atoms with Crippen molar-refractivity contribution in [1.82, 2.24) is 40.8 Å². The summed E-state index contributed by atoms with van der Waals surface area (Å²) in [5.41, 5.74) is 4.57. The van der Waals surface area contributed by atoms with Crippen LogP contribution in [-0.2, 0) is 34.7 Å². The minimum Gasteiger partial charge on any atom is -0.465 e. The maximum atomic E-state index is 14.6. The minimum absolute atomic E-state index is 0.123. The summed E-state index contributed by atoms with van der Waals surface area (Å²) >= 11 is 0. The van der Waals surface area contributed by atoms with E-state index in [4.69, 9.17) is 0 Å². The van der Waals surface area contributed by atoms with Gasteiger partial charge < -0.3 is 35.8 Å². The van der Waals surface area contributed by atoms with Gasteiger partial charge >= 0.3 is 12.1 Å². The number of carboxylic acid groups (broad SMARTS) is 1. The second kappa shape index (κ2) is 19.9. The van der Waals surface area contributed by atoms with Crippen LogP contribution in [0.2, 0.25) is 0 Å². The molecule has 4 atom stereocenters. The van der Waals surface area contributed by atoms with Crippen molar-refractivity contribution in [2.24, 2.45) is 10.8 Å². The topological polar surface area (TPSA) is 201 Å². The zero-order chi connectivity index (χ0) is 45.4. The van der Waals surface area contributed by atoms with Gasteiger partial charge in [-0.2, -0.15) is 0 Å². The molecule has 5 amide bonds. The molecule has 62 heavy (non-hydrogen) atoms. The molecule has 1 fully saturated rings. The molecule has 2 aromatic carbocycles. The van der Waals surface area contributed by atoms with E-state index in [1.54, 1.807) is 68.8 Å². The van der Waals surface area contributed by atoms with E-state index in [1.807, 2.05) is 93.6 Å². The van der Waals surface area contributed by atoms with E-state index in [1.165, 1.54) is 5.01 Å². The summed E-state index contributed by atoms with van der Waals surface area (Å²) in [5, 5.41) is 39.3. The van der Waals surface area contributed by atoms with Crippen LogP contribution in [-0.4, -0.2) is 108 Å². The van der Waals surface area contributed by atoms with E-state index in [0.29, 0.717) is 17.9 Å². The molecule has 0 spiro atoms. The number of nitrogens with one attached hydrogen (secondary N) is 3. The third-order valence-corrected chi connectivity index (χ3v) is 10.7. The number of amides is 5.